The van der Waals surface area contributed by atoms with Crippen LogP contribution in [0.25, 0.3) is 0 Å². The summed E-state index contributed by atoms with van der Waals surface area (Å²) in [5, 5.41) is 0. The van der Waals surface area contributed by atoms with E-state index in [-0.39, 0.29) is 0 Å². The van der Waals surface area contributed by atoms with Crippen molar-refractivity contribution in [1.29, 1.82) is 0 Å². The molecule has 19 heavy (non-hydrogen) atoms. The van der Waals surface area contributed by atoms with Crippen molar-refractivity contribution in [2.24, 2.45) is 0 Å². The molecule has 0 spiro atoms. The van der Waals surface area contributed by atoms with Crippen molar-refractivity contribution < 1.29 is 4.57 Å². The average molecular weight is 407 g/mol. The van der Waals surface area contributed by atoms with Crippen LogP contribution < -0.4 is 4.57 Å². The molecule has 0 aliphatic rings. The first kappa shape index (κ1) is 20.0. The molecule has 0 amide bonds. The third kappa shape index (κ3) is 15.2. The van der Waals surface area contributed by atoms with Gasteiger partial charge in [0.15, 0.2) is 0 Å². The number of rotatable bonds is 7. The number of aromatic amines is 1. The van der Waals surface area contributed by atoms with Gasteiger partial charge in [-0.3, -0.25) is 0 Å². The second kappa shape index (κ2) is 11.6. The third-order valence-corrected chi connectivity index (χ3v) is 2.73. The molecule has 0 aromatic carbocycles. The molecule has 1 heterocycles. The Kier molecular flexibility index (Phi) is 12.3. The number of unbranched alkanes of at least 4 members (excludes halogenated alkanes) is 5. The predicted octanol–water partition coefficient (Wildman–Crippen LogP) is 5.35. The number of hydrogen-bond acceptors (Lipinski definition) is 0. The van der Waals surface area contributed by atoms with E-state index in [1.54, 1.807) is 0 Å². The number of aromatic nitrogens is 2. The van der Waals surface area contributed by atoms with Crippen molar-refractivity contribution in [2.45, 2.75) is 58.9 Å². The molecular formula is C12H23Cl4GaN2. The van der Waals surface area contributed by atoms with E-state index in [2.05, 4.69) is 29.6 Å². The van der Waals surface area contributed by atoms with Crippen LogP contribution in [0.4, 0.5) is 0 Å². The van der Waals surface area contributed by atoms with Crippen LogP contribution in [0.1, 0.15) is 51.3 Å². The van der Waals surface area contributed by atoms with Gasteiger partial charge in [0.2, 0.25) is 0 Å². The van der Waals surface area contributed by atoms with Crippen LogP contribution in [-0.2, 0) is 6.54 Å². The van der Waals surface area contributed by atoms with Gasteiger partial charge >= 0.3 is 49.6 Å². The molecule has 1 aromatic heterocycles. The Morgan fingerprint density at radius 2 is 1.58 bits per heavy atom. The van der Waals surface area contributed by atoms with E-state index in [1.807, 2.05) is 6.20 Å². The summed E-state index contributed by atoms with van der Waals surface area (Å²) in [4.78, 5) is 3.19. The molecule has 2 nitrogen and oxygen atoms in total. The van der Waals surface area contributed by atoms with Crippen LogP contribution in [0, 0.1) is 6.92 Å². The summed E-state index contributed by atoms with van der Waals surface area (Å²) in [6.45, 7) is 5.55. The van der Waals surface area contributed by atoms with E-state index in [9.17, 15) is 0 Å². The van der Waals surface area contributed by atoms with E-state index in [1.165, 1.54) is 50.9 Å². The van der Waals surface area contributed by atoms with E-state index in [0.717, 1.165) is 0 Å². The molecule has 0 bridgehead atoms. The van der Waals surface area contributed by atoms with Crippen LogP contribution in [0.5, 0.6) is 0 Å². The quantitative estimate of drug-likeness (QED) is 0.358. The molecule has 0 saturated carbocycles. The van der Waals surface area contributed by atoms with E-state index >= 15 is 0 Å². The molecule has 1 aromatic rings. The molecule has 0 saturated heterocycles. The van der Waals surface area contributed by atoms with Crippen molar-refractivity contribution in [2.75, 3.05) is 0 Å². The van der Waals surface area contributed by atoms with Crippen molar-refractivity contribution in [1.82, 2.24) is 4.98 Å². The van der Waals surface area contributed by atoms with Gasteiger partial charge in [-0.2, -0.15) is 0 Å². The zero-order valence-electron chi connectivity index (χ0n) is 11.6. The minimum atomic E-state index is -3.24. The van der Waals surface area contributed by atoms with Gasteiger partial charge in [-0.15, -0.1) is 0 Å². The molecule has 1 N–H and O–H groups in total. The van der Waals surface area contributed by atoms with Crippen LogP contribution in [0.2, 0.25) is 0 Å². The first-order valence-corrected chi connectivity index (χ1v) is 19.5. The van der Waals surface area contributed by atoms with Crippen molar-refractivity contribution in [3.05, 3.63) is 18.2 Å². The summed E-state index contributed by atoms with van der Waals surface area (Å²) < 4.78 is 2.29. The monoisotopic (exact) mass is 404 g/mol. The molecule has 7 heteroatoms. The molecule has 1 rings (SSSR count). The summed E-state index contributed by atoms with van der Waals surface area (Å²) in [6, 6.07) is 0. The second-order valence-electron chi connectivity index (χ2n) is 4.50. The number of H-pyrrole nitrogens is 1. The standard InChI is InChI=1S/C12H22N2.4ClH.Ga/c1-3-4-5-6-7-8-10-14-11-9-13-12(14)2;;;;;/h9,11H,3-8,10H2,1-2H3;4*1H;/q;;;;;+3/p-3. The summed E-state index contributed by atoms with van der Waals surface area (Å²) >= 11 is -3.24. The Bertz CT molecular complexity index is 320. The zero-order chi connectivity index (χ0) is 14.7. The maximum absolute atomic E-state index is 5.03. The Labute approximate surface area is 135 Å². The zero-order valence-corrected chi connectivity index (χ0v) is 17.1. The molecule has 0 atom stereocenters. The fourth-order valence-corrected chi connectivity index (χ4v) is 1.75. The molecule has 0 aliphatic carbocycles. The van der Waals surface area contributed by atoms with Crippen LogP contribution in [-0.4, -0.2) is 16.0 Å². The van der Waals surface area contributed by atoms with Crippen molar-refractivity contribution >= 4 is 49.6 Å². The molecule has 112 valence electrons. The predicted molar refractivity (Wildman–Crippen MR) is 88.3 cm³/mol. The van der Waals surface area contributed by atoms with Gasteiger partial charge in [0, 0.05) is 6.92 Å². The first-order valence-electron chi connectivity index (χ1n) is 6.75. The van der Waals surface area contributed by atoms with Crippen LogP contribution in [0.15, 0.2) is 12.4 Å². The normalized spacial score (nSPS) is 11.1. The van der Waals surface area contributed by atoms with E-state index in [0.29, 0.717) is 0 Å². The van der Waals surface area contributed by atoms with E-state index in [4.69, 9.17) is 38.6 Å². The van der Waals surface area contributed by atoms with Gasteiger partial charge < -0.3 is 0 Å². The van der Waals surface area contributed by atoms with Crippen molar-refractivity contribution in [3.63, 3.8) is 0 Å². The number of nitrogens with one attached hydrogen (secondary N) is 1. The third-order valence-electron chi connectivity index (χ3n) is 2.73. The fraction of sp³-hybridized carbons (Fsp3) is 0.750. The van der Waals surface area contributed by atoms with Crippen LogP contribution in [0.3, 0.4) is 0 Å². The van der Waals surface area contributed by atoms with E-state index < -0.39 is 11.0 Å². The molecule has 0 unspecified atom stereocenters. The first-order chi connectivity index (χ1) is 8.84. The van der Waals surface area contributed by atoms with Gasteiger partial charge in [0.05, 0.1) is 6.54 Å². The Balaban J connectivity index is 0.000000555. The summed E-state index contributed by atoms with van der Waals surface area (Å²) in [5.74, 6) is 1.26. The molecular weight excluding hydrogens is 384 g/mol. The maximum atomic E-state index is 5.03. The number of imidazole rings is 1. The number of halogens is 4. The second-order valence-corrected chi connectivity index (χ2v) is 27.1. The summed E-state index contributed by atoms with van der Waals surface area (Å²) in [7, 11) is 20.1. The number of hydrogen-bond donors (Lipinski definition) is 1. The topological polar surface area (TPSA) is 19.7 Å². The summed E-state index contributed by atoms with van der Waals surface area (Å²) in [6.07, 6.45) is 12.4. The number of nitrogens with zero attached hydrogens (tertiary/aromatic N) is 1. The van der Waals surface area contributed by atoms with Gasteiger partial charge in [-0.1, -0.05) is 32.6 Å². The molecule has 0 aliphatic heterocycles. The Morgan fingerprint density at radius 3 is 2.05 bits per heavy atom. The van der Waals surface area contributed by atoms with Gasteiger partial charge in [0.25, 0.3) is 5.82 Å². The van der Waals surface area contributed by atoms with Crippen molar-refractivity contribution in [3.8, 4) is 0 Å². The van der Waals surface area contributed by atoms with Crippen LogP contribution >= 0.6 is 38.6 Å². The average Bonchev–Trinajstić information content (AvgIpc) is 2.67. The van der Waals surface area contributed by atoms with Gasteiger partial charge in [-0.05, 0) is 12.8 Å². The Morgan fingerprint density at radius 1 is 1.05 bits per heavy atom. The fourth-order valence-electron chi connectivity index (χ4n) is 1.75. The molecule has 0 fully saturated rings. The number of aryl methyl sites for hydroxylation is 2. The Hall–Kier alpha value is 1.01. The molecule has 0 radical (unpaired) electrons. The summed E-state index contributed by atoms with van der Waals surface area (Å²) in [5.41, 5.74) is 0. The van der Waals surface area contributed by atoms with Gasteiger partial charge in [0.1, 0.15) is 12.4 Å². The minimum absolute atomic E-state index is 1.17. The van der Waals surface area contributed by atoms with Gasteiger partial charge in [-0.25, -0.2) is 9.55 Å². The SMILES string of the molecule is CCCCCCCC[n+]1cc[nH]c1C.[Cl][Ga-]([Cl])([Cl])[Cl].